The van der Waals surface area contributed by atoms with Gasteiger partial charge in [0.05, 0.1) is 12.7 Å². The third-order valence-electron chi connectivity index (χ3n) is 6.04. The highest BCUT2D eigenvalue weighted by atomic mass is 16.5. The number of rotatable bonds is 13. The maximum atomic E-state index is 12.5. The fraction of sp³-hybridized carbons (Fsp3) is 0.310. The number of carbonyl (C=O) groups excluding carboxylic acids is 1. The average Bonchev–Trinajstić information content (AvgIpc) is 2.91. The van der Waals surface area contributed by atoms with Crippen molar-refractivity contribution >= 4 is 11.9 Å². The quantitative estimate of drug-likeness (QED) is 0.175. The molecule has 0 heterocycles. The molecule has 0 saturated heterocycles. The Morgan fingerprint density at radius 2 is 1.32 bits per heavy atom. The Morgan fingerprint density at radius 1 is 0.838 bits per heavy atom. The number of nitrogens with one attached hydrogen (secondary N) is 1. The smallest absolute Gasteiger partial charge is 0.326 e. The fourth-order valence-corrected chi connectivity index (χ4v) is 3.80. The summed E-state index contributed by atoms with van der Waals surface area (Å²) in [5, 5.41) is 30.5. The van der Waals surface area contributed by atoms with Crippen molar-refractivity contribution < 1.29 is 29.6 Å². The molecule has 3 aromatic rings. The molecule has 8 heteroatoms. The molecule has 0 fully saturated rings. The Hall–Kier alpha value is -3.72. The zero-order valence-electron chi connectivity index (χ0n) is 20.8. The maximum Gasteiger partial charge on any atom is 0.326 e. The first-order valence-electron chi connectivity index (χ1n) is 12.4. The van der Waals surface area contributed by atoms with E-state index in [1.807, 2.05) is 48.5 Å². The van der Waals surface area contributed by atoms with Gasteiger partial charge in [0.1, 0.15) is 18.0 Å². The van der Waals surface area contributed by atoms with E-state index in [0.717, 1.165) is 47.5 Å². The van der Waals surface area contributed by atoms with Crippen LogP contribution in [0.1, 0.15) is 43.0 Å². The number of aliphatic hydroxyl groups is 2. The number of carboxylic acids is 1. The molecule has 196 valence electrons. The van der Waals surface area contributed by atoms with Crippen molar-refractivity contribution in [3.63, 3.8) is 0 Å². The summed E-state index contributed by atoms with van der Waals surface area (Å²) in [6.45, 7) is 2.89. The SMILES string of the molecule is CCCCCOc1ccc(-c2ccc(-c3ccc(C(=O)N[C@@H](CC(O)C(N)O)C(=O)O)cc3)cc2)cc1. The molecule has 0 aliphatic rings. The second kappa shape index (κ2) is 13.5. The molecule has 6 N–H and O–H groups in total. The summed E-state index contributed by atoms with van der Waals surface area (Å²) in [5.41, 5.74) is 9.46. The molecule has 3 aromatic carbocycles. The summed E-state index contributed by atoms with van der Waals surface area (Å²) in [7, 11) is 0. The molecule has 0 saturated carbocycles. The Morgan fingerprint density at radius 3 is 1.78 bits per heavy atom. The van der Waals surface area contributed by atoms with Gasteiger partial charge in [-0.2, -0.15) is 0 Å². The largest absolute Gasteiger partial charge is 0.494 e. The van der Waals surface area contributed by atoms with Crippen LogP contribution >= 0.6 is 0 Å². The van der Waals surface area contributed by atoms with Crippen LogP contribution in [0.4, 0.5) is 0 Å². The van der Waals surface area contributed by atoms with Crippen LogP contribution in [0.5, 0.6) is 5.75 Å². The van der Waals surface area contributed by atoms with E-state index in [2.05, 4.69) is 12.2 Å². The first kappa shape index (κ1) is 27.9. The summed E-state index contributed by atoms with van der Waals surface area (Å²) in [4.78, 5) is 23.9. The number of amides is 1. The van der Waals surface area contributed by atoms with Crippen molar-refractivity contribution in [3.8, 4) is 28.0 Å². The molecule has 3 atom stereocenters. The van der Waals surface area contributed by atoms with Crippen molar-refractivity contribution in [2.45, 2.75) is 51.0 Å². The molecule has 1 amide bonds. The van der Waals surface area contributed by atoms with Crippen molar-refractivity contribution in [1.82, 2.24) is 5.32 Å². The summed E-state index contributed by atoms with van der Waals surface area (Å²) in [6.07, 6.45) is -0.112. The number of hydrogen-bond acceptors (Lipinski definition) is 6. The van der Waals surface area contributed by atoms with Crippen LogP contribution in [0.25, 0.3) is 22.3 Å². The van der Waals surface area contributed by atoms with E-state index in [-0.39, 0.29) is 5.56 Å². The molecular weight excluding hydrogens is 472 g/mol. The molecule has 3 rings (SSSR count). The number of carbonyl (C=O) groups is 2. The fourth-order valence-electron chi connectivity index (χ4n) is 3.80. The Labute approximate surface area is 216 Å². The molecule has 8 nitrogen and oxygen atoms in total. The van der Waals surface area contributed by atoms with Gasteiger partial charge >= 0.3 is 5.97 Å². The number of unbranched alkanes of at least 4 members (excludes halogenated alkanes) is 2. The molecule has 0 radical (unpaired) electrons. The van der Waals surface area contributed by atoms with Crippen LogP contribution in [0.3, 0.4) is 0 Å². The predicted molar refractivity (Wildman–Crippen MR) is 142 cm³/mol. The number of carboxylic acid groups (broad SMARTS) is 1. The third-order valence-corrected chi connectivity index (χ3v) is 6.04. The first-order chi connectivity index (χ1) is 17.8. The van der Waals surface area contributed by atoms with Gasteiger partial charge in [-0.15, -0.1) is 0 Å². The van der Waals surface area contributed by atoms with Crippen LogP contribution in [-0.4, -0.2) is 52.2 Å². The number of ether oxygens (including phenoxy) is 1. The normalized spacial score (nSPS) is 13.4. The molecule has 0 spiro atoms. The number of hydrogen-bond donors (Lipinski definition) is 5. The standard InChI is InChI=1S/C29H34N2O6/c1-2-3-4-17-37-24-15-13-22(14-16-24)20-7-5-19(6-8-20)21-9-11-23(12-10-21)28(34)31-25(29(35)36)18-26(32)27(30)33/h5-16,25-27,32-33H,2-4,17-18,30H2,1H3,(H,31,34)(H,35,36)/t25-,26?,27?/m0/s1. The van der Waals surface area contributed by atoms with E-state index in [4.69, 9.17) is 10.5 Å². The van der Waals surface area contributed by atoms with E-state index in [0.29, 0.717) is 0 Å². The van der Waals surface area contributed by atoms with Gasteiger partial charge in [-0.05, 0) is 52.9 Å². The van der Waals surface area contributed by atoms with E-state index >= 15 is 0 Å². The van der Waals surface area contributed by atoms with Crippen LogP contribution < -0.4 is 15.8 Å². The van der Waals surface area contributed by atoms with Gasteiger partial charge < -0.3 is 31.1 Å². The second-order valence-corrected chi connectivity index (χ2v) is 8.89. The van der Waals surface area contributed by atoms with Gasteiger partial charge in [-0.25, -0.2) is 4.79 Å². The molecule has 0 aromatic heterocycles. The highest BCUT2D eigenvalue weighted by molar-refractivity contribution is 5.97. The van der Waals surface area contributed by atoms with Crippen LogP contribution in [0.15, 0.2) is 72.8 Å². The van der Waals surface area contributed by atoms with E-state index in [1.54, 1.807) is 24.3 Å². The first-order valence-corrected chi connectivity index (χ1v) is 12.4. The van der Waals surface area contributed by atoms with Crippen LogP contribution in [-0.2, 0) is 4.79 Å². The number of benzene rings is 3. The predicted octanol–water partition coefficient (Wildman–Crippen LogP) is 3.80. The molecule has 2 unspecified atom stereocenters. The van der Waals surface area contributed by atoms with Gasteiger partial charge in [-0.3, -0.25) is 4.79 Å². The van der Waals surface area contributed by atoms with Crippen LogP contribution in [0.2, 0.25) is 0 Å². The van der Waals surface area contributed by atoms with E-state index in [1.165, 1.54) is 6.42 Å². The number of nitrogens with two attached hydrogens (primary N) is 1. The molecule has 37 heavy (non-hydrogen) atoms. The van der Waals surface area contributed by atoms with Gasteiger partial charge in [0.25, 0.3) is 5.91 Å². The lowest BCUT2D eigenvalue weighted by Gasteiger charge is -2.19. The Kier molecular flexibility index (Phi) is 10.2. The lowest BCUT2D eigenvalue weighted by molar-refractivity contribution is -0.140. The second-order valence-electron chi connectivity index (χ2n) is 8.89. The zero-order valence-corrected chi connectivity index (χ0v) is 20.8. The lowest BCUT2D eigenvalue weighted by atomic mass is 9.99. The summed E-state index contributed by atoms with van der Waals surface area (Å²) >= 11 is 0. The molecule has 0 bridgehead atoms. The molecule has 0 aliphatic heterocycles. The lowest BCUT2D eigenvalue weighted by Crippen LogP contribution is -2.46. The highest BCUT2D eigenvalue weighted by Gasteiger charge is 2.26. The average molecular weight is 507 g/mol. The minimum Gasteiger partial charge on any atom is -0.494 e. The monoisotopic (exact) mass is 506 g/mol. The summed E-state index contributed by atoms with van der Waals surface area (Å²) < 4.78 is 5.78. The van der Waals surface area contributed by atoms with E-state index < -0.39 is 36.7 Å². The van der Waals surface area contributed by atoms with Gasteiger partial charge in [0.15, 0.2) is 0 Å². The summed E-state index contributed by atoms with van der Waals surface area (Å²) in [5.74, 6) is -1.08. The Bertz CT molecular complexity index is 1140. The minimum atomic E-state index is -1.60. The van der Waals surface area contributed by atoms with Crippen molar-refractivity contribution in [1.29, 1.82) is 0 Å². The number of aliphatic hydroxyl groups excluding tert-OH is 2. The topological polar surface area (TPSA) is 142 Å². The highest BCUT2D eigenvalue weighted by Crippen LogP contribution is 2.26. The van der Waals surface area contributed by atoms with Gasteiger partial charge in [-0.1, -0.05) is 68.3 Å². The molecule has 0 aliphatic carbocycles. The Balaban J connectivity index is 1.61. The minimum absolute atomic E-state index is 0.270. The maximum absolute atomic E-state index is 12.5. The van der Waals surface area contributed by atoms with Gasteiger partial charge in [0.2, 0.25) is 0 Å². The zero-order chi connectivity index (χ0) is 26.8. The van der Waals surface area contributed by atoms with Crippen molar-refractivity contribution in [2.24, 2.45) is 5.73 Å². The van der Waals surface area contributed by atoms with Crippen molar-refractivity contribution in [2.75, 3.05) is 6.61 Å². The summed E-state index contributed by atoms with van der Waals surface area (Å²) in [6, 6.07) is 21.5. The van der Waals surface area contributed by atoms with Crippen LogP contribution in [0, 0.1) is 0 Å². The number of aliphatic carboxylic acids is 1. The van der Waals surface area contributed by atoms with E-state index in [9.17, 15) is 24.9 Å². The molecular formula is C29H34N2O6. The van der Waals surface area contributed by atoms with Gasteiger partial charge in [0, 0.05) is 12.0 Å². The third kappa shape index (κ3) is 8.15. The van der Waals surface area contributed by atoms with Crippen molar-refractivity contribution in [3.05, 3.63) is 78.4 Å².